The maximum Gasteiger partial charge on any atom is 0.309 e. The fraction of sp³-hybridized carbons (Fsp3) is 0.476. The van der Waals surface area contributed by atoms with Crippen LogP contribution in [0.3, 0.4) is 0 Å². The van der Waals surface area contributed by atoms with Crippen LogP contribution in [0.25, 0.3) is 10.9 Å². The van der Waals surface area contributed by atoms with Gasteiger partial charge in [-0.25, -0.2) is 0 Å². The first-order valence-electron chi connectivity index (χ1n) is 9.65. The average Bonchev–Trinajstić information content (AvgIpc) is 3.17. The SMILES string of the molecule is Cc1ccc(C)c2c(C)c(C(=O)N3CCC4(CC3)NC(=O)C[C@H]4C(=O)O)[nH]c12. The largest absolute Gasteiger partial charge is 0.481 e. The summed E-state index contributed by atoms with van der Waals surface area (Å²) in [6.45, 7) is 6.87. The van der Waals surface area contributed by atoms with Gasteiger partial charge in [-0.3, -0.25) is 14.4 Å². The Hall–Kier alpha value is -2.83. The summed E-state index contributed by atoms with van der Waals surface area (Å²) in [6.07, 6.45) is 0.931. The van der Waals surface area contributed by atoms with E-state index in [1.54, 1.807) is 4.90 Å². The van der Waals surface area contributed by atoms with Crippen LogP contribution in [0, 0.1) is 26.7 Å². The molecule has 4 rings (SSSR count). The number of carboxylic acids is 1. The molecular weight excluding hydrogens is 358 g/mol. The molecule has 2 aliphatic heterocycles. The minimum atomic E-state index is -0.949. The minimum Gasteiger partial charge on any atom is -0.481 e. The number of likely N-dealkylation sites (tertiary alicyclic amines) is 1. The molecule has 3 N–H and O–H groups in total. The topological polar surface area (TPSA) is 102 Å². The van der Waals surface area contributed by atoms with Crippen LogP contribution in [-0.4, -0.2) is 51.4 Å². The highest BCUT2D eigenvalue weighted by atomic mass is 16.4. The van der Waals surface area contributed by atoms with Crippen molar-refractivity contribution in [2.75, 3.05) is 13.1 Å². The average molecular weight is 383 g/mol. The van der Waals surface area contributed by atoms with E-state index >= 15 is 0 Å². The number of aromatic amines is 1. The van der Waals surface area contributed by atoms with Gasteiger partial charge in [0.25, 0.3) is 5.91 Å². The number of piperidine rings is 1. The van der Waals surface area contributed by atoms with E-state index in [0.717, 1.165) is 27.6 Å². The third-order valence-corrected chi connectivity index (χ3v) is 6.52. The predicted molar refractivity (Wildman–Crippen MR) is 104 cm³/mol. The van der Waals surface area contributed by atoms with Gasteiger partial charge in [-0.1, -0.05) is 12.1 Å². The van der Waals surface area contributed by atoms with Gasteiger partial charge in [0.05, 0.1) is 11.5 Å². The molecule has 2 aliphatic rings. The highest BCUT2D eigenvalue weighted by Gasteiger charge is 2.52. The molecule has 7 heteroatoms. The normalized spacial score (nSPS) is 21.3. The molecule has 2 aromatic rings. The number of aliphatic carboxylic acids is 1. The summed E-state index contributed by atoms with van der Waals surface area (Å²) in [5.41, 5.74) is 4.01. The Balaban J connectivity index is 1.58. The predicted octanol–water partition coefficient (Wildman–Crippen LogP) is 2.29. The smallest absolute Gasteiger partial charge is 0.309 e. The van der Waals surface area contributed by atoms with Crippen molar-refractivity contribution in [3.8, 4) is 0 Å². The number of hydrogen-bond acceptors (Lipinski definition) is 3. The summed E-state index contributed by atoms with van der Waals surface area (Å²) >= 11 is 0. The number of fused-ring (bicyclic) bond motifs is 1. The second kappa shape index (κ2) is 6.36. The number of nitrogens with zero attached hydrogens (tertiary/aromatic N) is 1. The molecule has 148 valence electrons. The van der Waals surface area contributed by atoms with Crippen molar-refractivity contribution in [1.29, 1.82) is 0 Å². The van der Waals surface area contributed by atoms with Crippen LogP contribution in [0.2, 0.25) is 0 Å². The molecule has 0 radical (unpaired) electrons. The van der Waals surface area contributed by atoms with E-state index < -0.39 is 17.4 Å². The zero-order chi connectivity index (χ0) is 20.2. The van der Waals surface area contributed by atoms with E-state index in [0.29, 0.717) is 31.6 Å². The van der Waals surface area contributed by atoms with Gasteiger partial charge in [-0.15, -0.1) is 0 Å². The molecule has 0 aliphatic carbocycles. The lowest BCUT2D eigenvalue weighted by atomic mass is 9.77. The zero-order valence-corrected chi connectivity index (χ0v) is 16.4. The van der Waals surface area contributed by atoms with Crippen molar-refractivity contribution in [3.63, 3.8) is 0 Å². The molecule has 0 saturated carbocycles. The number of benzene rings is 1. The molecule has 2 amide bonds. The van der Waals surface area contributed by atoms with Crippen LogP contribution in [0.1, 0.15) is 46.4 Å². The highest BCUT2D eigenvalue weighted by molar-refractivity contribution is 6.02. The van der Waals surface area contributed by atoms with E-state index in [1.807, 2.05) is 26.8 Å². The minimum absolute atomic E-state index is 0.0168. The maximum absolute atomic E-state index is 13.2. The molecule has 7 nitrogen and oxygen atoms in total. The number of carbonyl (C=O) groups is 3. The second-order valence-electron chi connectivity index (χ2n) is 8.17. The Morgan fingerprint density at radius 1 is 1.14 bits per heavy atom. The number of hydrogen-bond donors (Lipinski definition) is 3. The van der Waals surface area contributed by atoms with Crippen LogP contribution in [0.15, 0.2) is 12.1 Å². The number of rotatable bonds is 2. The van der Waals surface area contributed by atoms with E-state index in [-0.39, 0.29) is 18.2 Å². The molecule has 1 spiro atoms. The number of amides is 2. The van der Waals surface area contributed by atoms with Crippen molar-refractivity contribution in [2.24, 2.45) is 5.92 Å². The Bertz CT molecular complexity index is 999. The van der Waals surface area contributed by atoms with Crippen molar-refractivity contribution < 1.29 is 19.5 Å². The monoisotopic (exact) mass is 383 g/mol. The lowest BCUT2D eigenvalue weighted by Gasteiger charge is -2.41. The summed E-state index contributed by atoms with van der Waals surface area (Å²) in [4.78, 5) is 41.7. The molecular formula is C21H25N3O4. The summed E-state index contributed by atoms with van der Waals surface area (Å²) in [6, 6.07) is 4.10. The fourth-order valence-electron chi connectivity index (χ4n) is 4.87. The van der Waals surface area contributed by atoms with Gasteiger partial charge >= 0.3 is 5.97 Å². The molecule has 1 atom stereocenters. The third-order valence-electron chi connectivity index (χ3n) is 6.52. The van der Waals surface area contributed by atoms with Crippen molar-refractivity contribution in [3.05, 3.63) is 34.5 Å². The highest BCUT2D eigenvalue weighted by Crippen LogP contribution is 2.37. The molecule has 0 unspecified atom stereocenters. The molecule has 2 saturated heterocycles. The molecule has 28 heavy (non-hydrogen) atoms. The number of aromatic nitrogens is 1. The number of aryl methyl sites for hydroxylation is 3. The van der Waals surface area contributed by atoms with E-state index in [4.69, 9.17) is 0 Å². The van der Waals surface area contributed by atoms with Crippen molar-refractivity contribution in [1.82, 2.24) is 15.2 Å². The number of nitrogens with one attached hydrogen (secondary N) is 2. The van der Waals surface area contributed by atoms with Crippen LogP contribution < -0.4 is 5.32 Å². The fourth-order valence-corrected chi connectivity index (χ4v) is 4.87. The van der Waals surface area contributed by atoms with E-state index in [2.05, 4.69) is 16.4 Å². The van der Waals surface area contributed by atoms with E-state index in [1.165, 1.54) is 0 Å². The van der Waals surface area contributed by atoms with Crippen LogP contribution in [0.5, 0.6) is 0 Å². The van der Waals surface area contributed by atoms with Crippen LogP contribution >= 0.6 is 0 Å². The summed E-state index contributed by atoms with van der Waals surface area (Å²) in [7, 11) is 0. The van der Waals surface area contributed by atoms with Gasteiger partial charge in [0.2, 0.25) is 5.91 Å². The standard InChI is InChI=1S/C21H25N3O4/c1-11-4-5-12(2)17-16(11)13(3)18(22-17)19(26)24-8-6-21(7-9-24)14(20(27)28)10-15(25)23-21/h4-5,14,22H,6-10H2,1-3H3,(H,23,25)(H,27,28)/t14-/m0/s1. The summed E-state index contributed by atoms with van der Waals surface area (Å²) in [5.74, 6) is -1.96. The first kappa shape index (κ1) is 18.5. The van der Waals surface area contributed by atoms with Gasteiger partial charge in [0.1, 0.15) is 5.69 Å². The lowest BCUT2D eigenvalue weighted by Crippen LogP contribution is -2.56. The number of H-pyrrole nitrogens is 1. The second-order valence-corrected chi connectivity index (χ2v) is 8.17. The zero-order valence-electron chi connectivity index (χ0n) is 16.4. The van der Waals surface area contributed by atoms with Crippen molar-refractivity contribution in [2.45, 2.75) is 45.6 Å². The Morgan fingerprint density at radius 3 is 2.39 bits per heavy atom. The summed E-state index contributed by atoms with van der Waals surface area (Å²) < 4.78 is 0. The van der Waals surface area contributed by atoms with Crippen molar-refractivity contribution >= 4 is 28.7 Å². The van der Waals surface area contributed by atoms with Gasteiger partial charge in [-0.05, 0) is 50.3 Å². The molecule has 2 fully saturated rings. The molecule has 1 aromatic carbocycles. The van der Waals surface area contributed by atoms with Gasteiger partial charge < -0.3 is 20.3 Å². The van der Waals surface area contributed by atoms with Gasteiger partial charge in [0, 0.05) is 30.4 Å². The Kier molecular flexibility index (Phi) is 4.21. The maximum atomic E-state index is 13.2. The Labute approximate surface area is 163 Å². The number of carbonyl (C=O) groups excluding carboxylic acids is 2. The summed E-state index contributed by atoms with van der Waals surface area (Å²) in [5, 5.41) is 13.5. The quantitative estimate of drug-likeness (QED) is 0.740. The Morgan fingerprint density at radius 2 is 1.79 bits per heavy atom. The van der Waals surface area contributed by atoms with Crippen LogP contribution in [-0.2, 0) is 9.59 Å². The van der Waals surface area contributed by atoms with Crippen LogP contribution in [0.4, 0.5) is 0 Å². The van der Waals surface area contributed by atoms with Gasteiger partial charge in [-0.2, -0.15) is 0 Å². The third kappa shape index (κ3) is 2.68. The van der Waals surface area contributed by atoms with E-state index in [9.17, 15) is 19.5 Å². The number of carboxylic acid groups (broad SMARTS) is 1. The van der Waals surface area contributed by atoms with Gasteiger partial charge in [0.15, 0.2) is 0 Å². The molecule has 0 bridgehead atoms. The lowest BCUT2D eigenvalue weighted by molar-refractivity contribution is -0.144. The molecule has 3 heterocycles. The first-order valence-corrected chi connectivity index (χ1v) is 9.65. The first-order chi connectivity index (χ1) is 13.2. The molecule has 1 aromatic heterocycles.